The Morgan fingerprint density at radius 3 is 2.46 bits per heavy atom. The van der Waals surface area contributed by atoms with Crippen molar-refractivity contribution in [1.29, 1.82) is 0 Å². The molecule has 0 aromatic heterocycles. The van der Waals surface area contributed by atoms with E-state index in [-0.39, 0.29) is 12.4 Å². The van der Waals surface area contributed by atoms with Gasteiger partial charge in [-0.05, 0) is 43.9 Å². The van der Waals surface area contributed by atoms with Crippen molar-refractivity contribution in [3.05, 3.63) is 35.6 Å². The summed E-state index contributed by atoms with van der Waals surface area (Å²) in [5.74, 6) is 0.336. The van der Waals surface area contributed by atoms with Gasteiger partial charge in [0.1, 0.15) is 5.82 Å². The molecule has 1 aromatic carbocycles. The van der Waals surface area contributed by atoms with Crippen LogP contribution in [0.2, 0.25) is 0 Å². The molecule has 2 rings (SSSR count). The zero-order valence-corrected chi connectivity index (χ0v) is 16.2. The molecule has 1 aromatic rings. The minimum atomic E-state index is -3.24. The van der Waals surface area contributed by atoms with Gasteiger partial charge in [0, 0.05) is 32.6 Å². The lowest BCUT2D eigenvalue weighted by molar-refractivity contribution is 0.0768. The van der Waals surface area contributed by atoms with Crippen LogP contribution in [-0.4, -0.2) is 58.2 Å². The van der Waals surface area contributed by atoms with Gasteiger partial charge in [-0.3, -0.25) is 4.99 Å². The number of benzene rings is 1. The van der Waals surface area contributed by atoms with Crippen molar-refractivity contribution in [2.45, 2.75) is 30.9 Å². The molecule has 1 aliphatic rings. The SMILES string of the molecule is CCNC(=NCC1(S(C)(=O)=O)CCOCC1)NCCc1ccc(F)cc1. The summed E-state index contributed by atoms with van der Waals surface area (Å²) in [6, 6.07) is 6.38. The van der Waals surface area contributed by atoms with E-state index < -0.39 is 14.6 Å². The molecular weight excluding hydrogens is 357 g/mol. The number of nitrogens with one attached hydrogen (secondary N) is 2. The topological polar surface area (TPSA) is 79.8 Å². The molecule has 0 saturated carbocycles. The van der Waals surface area contributed by atoms with Crippen LogP contribution in [0.5, 0.6) is 0 Å². The van der Waals surface area contributed by atoms with Crippen LogP contribution < -0.4 is 10.6 Å². The Morgan fingerprint density at radius 1 is 1.23 bits per heavy atom. The Hall–Kier alpha value is -1.67. The van der Waals surface area contributed by atoms with Crippen molar-refractivity contribution in [3.63, 3.8) is 0 Å². The van der Waals surface area contributed by atoms with Gasteiger partial charge >= 0.3 is 0 Å². The van der Waals surface area contributed by atoms with Gasteiger partial charge in [0.15, 0.2) is 15.8 Å². The van der Waals surface area contributed by atoms with E-state index in [9.17, 15) is 12.8 Å². The third-order valence-electron chi connectivity index (χ3n) is 4.68. The molecule has 146 valence electrons. The summed E-state index contributed by atoms with van der Waals surface area (Å²) >= 11 is 0. The van der Waals surface area contributed by atoms with E-state index in [1.54, 1.807) is 12.1 Å². The van der Waals surface area contributed by atoms with Crippen molar-refractivity contribution in [2.24, 2.45) is 4.99 Å². The van der Waals surface area contributed by atoms with E-state index in [0.29, 0.717) is 45.1 Å². The predicted molar refractivity (Wildman–Crippen MR) is 102 cm³/mol. The van der Waals surface area contributed by atoms with Gasteiger partial charge < -0.3 is 15.4 Å². The van der Waals surface area contributed by atoms with Gasteiger partial charge in [-0.1, -0.05) is 12.1 Å². The summed E-state index contributed by atoms with van der Waals surface area (Å²) in [7, 11) is -3.24. The molecule has 26 heavy (non-hydrogen) atoms. The molecule has 0 amide bonds. The number of guanidine groups is 1. The number of rotatable bonds is 7. The Bertz CT molecular complexity index is 699. The zero-order chi connectivity index (χ0) is 19.0. The molecule has 6 nitrogen and oxygen atoms in total. The van der Waals surface area contributed by atoms with Crippen LogP contribution in [0.4, 0.5) is 4.39 Å². The first-order chi connectivity index (χ1) is 12.4. The summed E-state index contributed by atoms with van der Waals surface area (Å²) in [5, 5.41) is 6.35. The molecule has 8 heteroatoms. The molecule has 1 fully saturated rings. The van der Waals surface area contributed by atoms with Gasteiger partial charge in [-0.15, -0.1) is 0 Å². The number of aliphatic imine (C=N–C) groups is 1. The second kappa shape index (κ2) is 9.32. The Labute approximate surface area is 155 Å². The normalized spacial score (nSPS) is 17.7. The molecule has 0 aliphatic carbocycles. The van der Waals surface area contributed by atoms with Gasteiger partial charge in [-0.25, -0.2) is 12.8 Å². The van der Waals surface area contributed by atoms with Crippen molar-refractivity contribution in [3.8, 4) is 0 Å². The zero-order valence-electron chi connectivity index (χ0n) is 15.4. The molecule has 1 aliphatic heterocycles. The maximum Gasteiger partial charge on any atom is 0.191 e. The number of halogens is 1. The van der Waals surface area contributed by atoms with Crippen molar-refractivity contribution in [1.82, 2.24) is 10.6 Å². The summed E-state index contributed by atoms with van der Waals surface area (Å²) in [4.78, 5) is 4.52. The minimum absolute atomic E-state index is 0.209. The van der Waals surface area contributed by atoms with E-state index in [1.807, 2.05) is 6.92 Å². The van der Waals surface area contributed by atoms with E-state index in [4.69, 9.17) is 4.74 Å². The Kier molecular flexibility index (Phi) is 7.40. The predicted octanol–water partition coefficient (Wildman–Crippen LogP) is 1.52. The van der Waals surface area contributed by atoms with Crippen molar-refractivity contribution < 1.29 is 17.5 Å². The number of hydrogen-bond donors (Lipinski definition) is 2. The molecule has 0 radical (unpaired) electrons. The quantitative estimate of drug-likeness (QED) is 0.550. The monoisotopic (exact) mass is 385 g/mol. The molecule has 0 unspecified atom stereocenters. The highest BCUT2D eigenvalue weighted by Gasteiger charge is 2.42. The van der Waals surface area contributed by atoms with Crippen LogP contribution in [0.25, 0.3) is 0 Å². The fraction of sp³-hybridized carbons (Fsp3) is 0.611. The van der Waals surface area contributed by atoms with Crippen molar-refractivity contribution >= 4 is 15.8 Å². The Balaban J connectivity index is 1.99. The van der Waals surface area contributed by atoms with E-state index >= 15 is 0 Å². The summed E-state index contributed by atoms with van der Waals surface area (Å²) in [6.07, 6.45) is 2.92. The summed E-state index contributed by atoms with van der Waals surface area (Å²) in [5.41, 5.74) is 1.02. The minimum Gasteiger partial charge on any atom is -0.381 e. The van der Waals surface area contributed by atoms with Crippen LogP contribution in [0.1, 0.15) is 25.3 Å². The first-order valence-corrected chi connectivity index (χ1v) is 10.8. The molecule has 0 atom stereocenters. The highest BCUT2D eigenvalue weighted by Crippen LogP contribution is 2.29. The first kappa shape index (κ1) is 20.6. The maximum atomic E-state index is 12.9. The van der Waals surface area contributed by atoms with Crippen LogP contribution in [-0.2, 0) is 21.0 Å². The summed E-state index contributed by atoms with van der Waals surface area (Å²) in [6.45, 7) is 4.34. The standard InChI is InChI=1S/C18H28FN3O3S/c1-3-20-17(21-11-8-15-4-6-16(19)7-5-15)22-14-18(26(2,23)24)9-12-25-13-10-18/h4-7H,3,8-14H2,1-2H3,(H2,20,21,22). The third-order valence-corrected chi connectivity index (χ3v) is 6.79. The molecule has 0 spiro atoms. The number of hydrogen-bond acceptors (Lipinski definition) is 4. The molecule has 0 bridgehead atoms. The maximum absolute atomic E-state index is 12.9. The Morgan fingerprint density at radius 2 is 1.88 bits per heavy atom. The fourth-order valence-corrected chi connectivity index (χ4v) is 4.14. The average molecular weight is 386 g/mol. The molecule has 1 saturated heterocycles. The van der Waals surface area contributed by atoms with Gasteiger partial charge in [0.2, 0.25) is 0 Å². The van der Waals surface area contributed by atoms with E-state index in [0.717, 1.165) is 12.0 Å². The largest absolute Gasteiger partial charge is 0.381 e. The highest BCUT2D eigenvalue weighted by molar-refractivity contribution is 7.92. The highest BCUT2D eigenvalue weighted by atomic mass is 32.2. The smallest absolute Gasteiger partial charge is 0.191 e. The molecular formula is C18H28FN3O3S. The second-order valence-corrected chi connectivity index (χ2v) is 8.98. The molecule has 1 heterocycles. The van der Waals surface area contributed by atoms with Gasteiger partial charge in [0.05, 0.1) is 11.3 Å². The van der Waals surface area contributed by atoms with E-state index in [1.165, 1.54) is 18.4 Å². The number of sulfone groups is 1. The third kappa shape index (κ3) is 5.67. The molecule has 2 N–H and O–H groups in total. The lowest BCUT2D eigenvalue weighted by atomic mass is 9.99. The number of ether oxygens (including phenoxy) is 1. The average Bonchev–Trinajstić information content (AvgIpc) is 2.61. The fourth-order valence-electron chi connectivity index (χ4n) is 2.93. The van der Waals surface area contributed by atoms with Crippen LogP contribution in [0.15, 0.2) is 29.3 Å². The lowest BCUT2D eigenvalue weighted by Gasteiger charge is -2.34. The summed E-state index contributed by atoms with van der Waals surface area (Å²) < 4.78 is 42.0. The van der Waals surface area contributed by atoms with Crippen LogP contribution in [0, 0.1) is 5.82 Å². The van der Waals surface area contributed by atoms with E-state index in [2.05, 4.69) is 15.6 Å². The first-order valence-electron chi connectivity index (χ1n) is 8.90. The van der Waals surface area contributed by atoms with Crippen molar-refractivity contribution in [2.75, 3.05) is 39.1 Å². The van der Waals surface area contributed by atoms with Crippen LogP contribution >= 0.6 is 0 Å². The second-order valence-electron chi connectivity index (χ2n) is 6.57. The van der Waals surface area contributed by atoms with Crippen LogP contribution in [0.3, 0.4) is 0 Å². The van der Waals surface area contributed by atoms with Gasteiger partial charge in [0.25, 0.3) is 0 Å². The number of nitrogens with zero attached hydrogens (tertiary/aromatic N) is 1. The van der Waals surface area contributed by atoms with Gasteiger partial charge in [-0.2, -0.15) is 0 Å². The lowest BCUT2D eigenvalue weighted by Crippen LogP contribution is -2.47.